The van der Waals surface area contributed by atoms with Crippen molar-refractivity contribution in [2.45, 2.75) is 19.4 Å². The molecule has 0 aromatic heterocycles. The normalized spacial score (nSPS) is 12.3. The summed E-state index contributed by atoms with van der Waals surface area (Å²) in [5.74, 6) is -1.52. The number of amides is 1. The van der Waals surface area contributed by atoms with Gasteiger partial charge in [-0.25, -0.2) is 4.79 Å². The highest BCUT2D eigenvalue weighted by Crippen LogP contribution is 2.02. The lowest BCUT2D eigenvalue weighted by molar-refractivity contribution is -0.131. The summed E-state index contributed by atoms with van der Waals surface area (Å²) >= 11 is 0. The molecule has 1 atom stereocenters. The van der Waals surface area contributed by atoms with E-state index in [9.17, 15) is 9.59 Å². The minimum Gasteiger partial charge on any atom is -0.478 e. The largest absolute Gasteiger partial charge is 0.478 e. The van der Waals surface area contributed by atoms with Crippen molar-refractivity contribution < 1.29 is 14.7 Å². The van der Waals surface area contributed by atoms with Crippen LogP contribution in [0, 0.1) is 0 Å². The molecule has 0 aliphatic rings. The first-order chi connectivity index (χ1) is 8.08. The van der Waals surface area contributed by atoms with Crippen LogP contribution >= 0.6 is 0 Å². The first-order valence-electron chi connectivity index (χ1n) is 5.33. The van der Waals surface area contributed by atoms with E-state index in [4.69, 9.17) is 5.11 Å². The van der Waals surface area contributed by atoms with Gasteiger partial charge in [-0.1, -0.05) is 30.3 Å². The molecule has 0 radical (unpaired) electrons. The van der Waals surface area contributed by atoms with Crippen molar-refractivity contribution in [2.75, 3.05) is 0 Å². The summed E-state index contributed by atoms with van der Waals surface area (Å²) < 4.78 is 0. The van der Waals surface area contributed by atoms with Crippen LogP contribution in [-0.2, 0) is 16.0 Å². The molecule has 4 heteroatoms. The number of carboxylic acids is 1. The molecule has 0 bridgehead atoms. The van der Waals surface area contributed by atoms with Gasteiger partial charge >= 0.3 is 5.97 Å². The summed E-state index contributed by atoms with van der Waals surface area (Å²) in [6, 6.07) is 9.74. The Kier molecular flexibility index (Phi) is 4.94. The third-order valence-corrected chi connectivity index (χ3v) is 2.15. The minimum absolute atomic E-state index is 0.0386. The van der Waals surface area contributed by atoms with Crippen LogP contribution in [-0.4, -0.2) is 23.0 Å². The van der Waals surface area contributed by atoms with Crippen molar-refractivity contribution >= 4 is 11.9 Å². The van der Waals surface area contributed by atoms with Gasteiger partial charge in [0.05, 0.1) is 0 Å². The van der Waals surface area contributed by atoms with Gasteiger partial charge in [-0.15, -0.1) is 0 Å². The first-order valence-corrected chi connectivity index (χ1v) is 5.33. The number of benzene rings is 1. The van der Waals surface area contributed by atoms with Crippen LogP contribution in [0.2, 0.25) is 0 Å². The van der Waals surface area contributed by atoms with Crippen LogP contribution < -0.4 is 5.32 Å². The number of aliphatic carboxylic acids is 1. The van der Waals surface area contributed by atoms with Crippen molar-refractivity contribution in [2.24, 2.45) is 0 Å². The molecule has 2 N–H and O–H groups in total. The number of rotatable bonds is 5. The monoisotopic (exact) mass is 233 g/mol. The minimum atomic E-state index is -1.13. The highest BCUT2D eigenvalue weighted by molar-refractivity contribution is 5.93. The summed E-state index contributed by atoms with van der Waals surface area (Å²) in [6.45, 7) is 1.87. The van der Waals surface area contributed by atoms with Gasteiger partial charge in [-0.2, -0.15) is 0 Å². The molecule has 0 spiro atoms. The quantitative estimate of drug-likeness (QED) is 0.755. The van der Waals surface area contributed by atoms with E-state index < -0.39 is 11.9 Å². The number of carbonyl (C=O) groups is 2. The van der Waals surface area contributed by atoms with Gasteiger partial charge in [0.25, 0.3) is 0 Å². The van der Waals surface area contributed by atoms with Gasteiger partial charge in [0.1, 0.15) is 0 Å². The summed E-state index contributed by atoms with van der Waals surface area (Å²) in [5, 5.41) is 11.1. The lowest BCUT2D eigenvalue weighted by Crippen LogP contribution is -2.32. The molecule has 0 aliphatic carbocycles. The van der Waals surface area contributed by atoms with Crippen LogP contribution in [0.5, 0.6) is 0 Å². The predicted molar refractivity (Wildman–Crippen MR) is 64.5 cm³/mol. The molecule has 1 amide bonds. The second kappa shape index (κ2) is 6.48. The Morgan fingerprint density at radius 1 is 1.29 bits per heavy atom. The van der Waals surface area contributed by atoms with E-state index in [1.54, 1.807) is 0 Å². The molecule has 0 saturated heterocycles. The molecule has 1 rings (SSSR count). The second-order valence-electron chi connectivity index (χ2n) is 3.77. The molecule has 0 saturated carbocycles. The zero-order valence-corrected chi connectivity index (χ0v) is 9.59. The van der Waals surface area contributed by atoms with Gasteiger partial charge in [0.15, 0.2) is 0 Å². The number of carbonyl (C=O) groups excluding carboxylic acids is 1. The average Bonchev–Trinajstić information content (AvgIpc) is 2.27. The maximum atomic E-state index is 11.3. The van der Waals surface area contributed by atoms with E-state index in [0.717, 1.165) is 17.7 Å². The third-order valence-electron chi connectivity index (χ3n) is 2.15. The Morgan fingerprint density at radius 3 is 2.53 bits per heavy atom. The summed E-state index contributed by atoms with van der Waals surface area (Å²) in [7, 11) is 0. The number of nitrogens with one attached hydrogen (secondary N) is 1. The number of hydrogen-bond donors (Lipinski definition) is 2. The molecule has 90 valence electrons. The Balaban J connectivity index is 2.42. The van der Waals surface area contributed by atoms with E-state index >= 15 is 0 Å². The topological polar surface area (TPSA) is 66.4 Å². The fraction of sp³-hybridized carbons (Fsp3) is 0.231. The van der Waals surface area contributed by atoms with Gasteiger partial charge < -0.3 is 10.4 Å². The van der Waals surface area contributed by atoms with Gasteiger partial charge in [0.2, 0.25) is 5.91 Å². The van der Waals surface area contributed by atoms with Crippen molar-refractivity contribution in [1.82, 2.24) is 5.32 Å². The highest BCUT2D eigenvalue weighted by atomic mass is 16.4. The highest BCUT2D eigenvalue weighted by Gasteiger charge is 2.05. The standard InChI is InChI=1S/C13H15NO3/c1-10(9-11-5-3-2-4-6-11)14-12(15)7-8-13(16)17/h2-8,10H,9H2,1H3,(H,14,15)(H,16,17). The number of hydrogen-bond acceptors (Lipinski definition) is 2. The van der Waals surface area contributed by atoms with E-state index in [-0.39, 0.29) is 6.04 Å². The molecule has 0 fully saturated rings. The van der Waals surface area contributed by atoms with E-state index in [1.807, 2.05) is 37.3 Å². The molecule has 1 unspecified atom stereocenters. The van der Waals surface area contributed by atoms with Crippen LogP contribution in [0.15, 0.2) is 42.5 Å². The zero-order valence-electron chi connectivity index (χ0n) is 9.59. The Hall–Kier alpha value is -2.10. The van der Waals surface area contributed by atoms with Gasteiger partial charge in [0, 0.05) is 18.2 Å². The third kappa shape index (κ3) is 5.51. The lowest BCUT2D eigenvalue weighted by atomic mass is 10.1. The van der Waals surface area contributed by atoms with Crippen LogP contribution in [0.3, 0.4) is 0 Å². The van der Waals surface area contributed by atoms with E-state index in [2.05, 4.69) is 5.32 Å². The zero-order chi connectivity index (χ0) is 12.7. The van der Waals surface area contributed by atoms with E-state index in [0.29, 0.717) is 6.42 Å². The van der Waals surface area contributed by atoms with Crippen molar-refractivity contribution in [3.63, 3.8) is 0 Å². The van der Waals surface area contributed by atoms with Crippen LogP contribution in [0.4, 0.5) is 0 Å². The molecular weight excluding hydrogens is 218 g/mol. The molecule has 0 heterocycles. The van der Waals surface area contributed by atoms with Crippen molar-refractivity contribution in [3.05, 3.63) is 48.0 Å². The lowest BCUT2D eigenvalue weighted by Gasteiger charge is -2.12. The van der Waals surface area contributed by atoms with Crippen molar-refractivity contribution in [1.29, 1.82) is 0 Å². The summed E-state index contributed by atoms with van der Waals surface area (Å²) in [4.78, 5) is 21.5. The maximum absolute atomic E-state index is 11.3. The summed E-state index contributed by atoms with van der Waals surface area (Å²) in [5.41, 5.74) is 1.13. The van der Waals surface area contributed by atoms with Gasteiger partial charge in [-0.05, 0) is 18.9 Å². The molecule has 17 heavy (non-hydrogen) atoms. The van der Waals surface area contributed by atoms with Crippen LogP contribution in [0.25, 0.3) is 0 Å². The first kappa shape index (κ1) is 13.0. The fourth-order valence-electron chi connectivity index (χ4n) is 1.46. The fourth-order valence-corrected chi connectivity index (χ4v) is 1.46. The molecular formula is C13H15NO3. The summed E-state index contributed by atoms with van der Waals surface area (Å²) in [6.07, 6.45) is 2.56. The predicted octanol–water partition coefficient (Wildman–Crippen LogP) is 1.37. The van der Waals surface area contributed by atoms with Crippen LogP contribution in [0.1, 0.15) is 12.5 Å². The Labute approximate surface area is 100.0 Å². The molecule has 4 nitrogen and oxygen atoms in total. The van der Waals surface area contributed by atoms with E-state index in [1.165, 1.54) is 0 Å². The maximum Gasteiger partial charge on any atom is 0.328 e. The van der Waals surface area contributed by atoms with Crippen molar-refractivity contribution in [3.8, 4) is 0 Å². The van der Waals surface area contributed by atoms with Gasteiger partial charge in [-0.3, -0.25) is 4.79 Å². The molecule has 1 aromatic carbocycles. The second-order valence-corrected chi connectivity index (χ2v) is 3.77. The SMILES string of the molecule is CC(Cc1ccccc1)NC(=O)C=CC(=O)O. The molecule has 1 aromatic rings. The Morgan fingerprint density at radius 2 is 1.94 bits per heavy atom. The Bertz CT molecular complexity index is 412. The smallest absolute Gasteiger partial charge is 0.328 e. The molecule has 0 aliphatic heterocycles. The average molecular weight is 233 g/mol. The number of carboxylic acid groups (broad SMARTS) is 1.